The summed E-state index contributed by atoms with van der Waals surface area (Å²) in [5, 5.41) is 7.16. The lowest BCUT2D eigenvalue weighted by atomic mass is 10.1. The van der Waals surface area contributed by atoms with Crippen molar-refractivity contribution in [1.82, 2.24) is 4.98 Å². The molecule has 4 rings (SSSR count). The number of hydrogen-bond donors (Lipinski definition) is 5. The summed E-state index contributed by atoms with van der Waals surface area (Å²) in [5.41, 5.74) is 6.82. The summed E-state index contributed by atoms with van der Waals surface area (Å²) in [5.74, 6) is -0.141. The summed E-state index contributed by atoms with van der Waals surface area (Å²) in [4.78, 5) is 1.74. The third-order valence-electron chi connectivity index (χ3n) is 5.71. The second kappa shape index (κ2) is 11.6. The van der Waals surface area contributed by atoms with E-state index in [0.29, 0.717) is 45.4 Å². The van der Waals surface area contributed by atoms with Gasteiger partial charge in [-0.15, -0.1) is 22.0 Å². The minimum absolute atomic E-state index is 0.141. The molecular weight excluding hydrogens is 693 g/mol. The van der Waals surface area contributed by atoms with E-state index in [0.717, 1.165) is 6.07 Å². The molecule has 4 aromatic rings. The zero-order chi connectivity index (χ0) is 32.1. The smallest absolute Gasteiger partial charge is 0.296 e. The highest BCUT2D eigenvalue weighted by Gasteiger charge is 2.27. The van der Waals surface area contributed by atoms with E-state index in [1.54, 1.807) is 19.1 Å². The van der Waals surface area contributed by atoms with E-state index in [1.807, 2.05) is 0 Å². The van der Waals surface area contributed by atoms with Gasteiger partial charge in [0, 0.05) is 21.4 Å². The summed E-state index contributed by atoms with van der Waals surface area (Å²) in [6.45, 7) is 1.66. The van der Waals surface area contributed by atoms with Crippen LogP contribution >= 0.6 is 23.1 Å². The van der Waals surface area contributed by atoms with Crippen LogP contribution in [0.4, 0.5) is 16.5 Å². The summed E-state index contributed by atoms with van der Waals surface area (Å²) < 4.78 is 132. The number of hydrogen-bond acceptors (Lipinski definition) is 14. The highest BCUT2D eigenvalue weighted by molar-refractivity contribution is 7.99. The molecule has 1 heterocycles. The molecule has 0 saturated carbocycles. The maximum absolute atomic E-state index is 12.2. The van der Waals surface area contributed by atoms with Gasteiger partial charge in [0.15, 0.2) is 0 Å². The number of rotatable bonds is 10. The number of anilines is 1. The fourth-order valence-corrected chi connectivity index (χ4v) is 8.46. The maximum atomic E-state index is 12.2. The molecule has 3 aromatic carbocycles. The van der Waals surface area contributed by atoms with Crippen LogP contribution in [0.5, 0.6) is 0 Å². The molecule has 0 amide bonds. The topological polar surface area (TPSA) is 281 Å². The van der Waals surface area contributed by atoms with Crippen LogP contribution in [-0.4, -0.2) is 68.4 Å². The standard InChI is InChI=1S/C21H20N4O12S6/c1-10-5-14(22)16(38-3-2-4-40(26,27)28)9-15(10)24-25-21-23-19-18(43(35,36)37)8-12-13(20(19)39-21)6-11(41(29,30)31)7-17(12)42(32,33)34/h5-9H,2-4,22H2,1H3,(H,26,27,28)(H,29,30,31)(H,32,33,34)(H,35,36,37). The third kappa shape index (κ3) is 7.65. The molecule has 232 valence electrons. The van der Waals surface area contributed by atoms with Crippen molar-refractivity contribution in [2.45, 2.75) is 32.9 Å². The quantitative estimate of drug-likeness (QED) is 0.0513. The highest BCUT2D eigenvalue weighted by Crippen LogP contribution is 2.42. The Balaban J connectivity index is 1.87. The molecule has 0 aliphatic carbocycles. The fraction of sp³-hybridized carbons (Fsp3) is 0.190. The van der Waals surface area contributed by atoms with E-state index in [9.17, 15) is 47.3 Å². The van der Waals surface area contributed by atoms with Gasteiger partial charge in [0.05, 0.1) is 21.0 Å². The third-order valence-corrected chi connectivity index (χ3v) is 11.2. The Morgan fingerprint density at radius 2 is 1.49 bits per heavy atom. The Labute approximate surface area is 253 Å². The molecule has 0 spiro atoms. The molecule has 16 nitrogen and oxygen atoms in total. The van der Waals surface area contributed by atoms with Crippen molar-refractivity contribution in [1.29, 1.82) is 0 Å². The van der Waals surface area contributed by atoms with E-state index < -0.39 is 71.8 Å². The molecule has 0 unspecified atom stereocenters. The zero-order valence-electron chi connectivity index (χ0n) is 21.4. The van der Waals surface area contributed by atoms with E-state index in [4.69, 9.17) is 10.3 Å². The summed E-state index contributed by atoms with van der Waals surface area (Å²) in [6, 6.07) is 5.08. The van der Waals surface area contributed by atoms with E-state index in [2.05, 4.69) is 15.2 Å². The monoisotopic (exact) mass is 712 g/mol. The van der Waals surface area contributed by atoms with E-state index in [-0.39, 0.29) is 27.3 Å². The minimum Gasteiger partial charge on any atom is -0.398 e. The lowest BCUT2D eigenvalue weighted by molar-refractivity contribution is 0.478. The number of nitrogen functional groups attached to an aromatic ring is 1. The SMILES string of the molecule is Cc1cc(N)c(SCCCS(=O)(=O)O)cc1N=Nc1nc2c(S(=O)(=O)O)cc3c(S(=O)(=O)O)cc(S(=O)(=O)O)cc3c2s1. The van der Waals surface area contributed by atoms with Crippen molar-refractivity contribution in [2.75, 3.05) is 17.2 Å². The predicted molar refractivity (Wildman–Crippen MR) is 158 cm³/mol. The number of azo groups is 1. The van der Waals surface area contributed by atoms with Crippen LogP contribution in [0.2, 0.25) is 0 Å². The van der Waals surface area contributed by atoms with Crippen LogP contribution in [-0.2, 0) is 40.5 Å². The lowest BCUT2D eigenvalue weighted by Crippen LogP contribution is -2.06. The highest BCUT2D eigenvalue weighted by atomic mass is 32.2. The van der Waals surface area contributed by atoms with Gasteiger partial charge in [0.25, 0.3) is 40.5 Å². The number of thioether (sulfide) groups is 1. The minimum atomic E-state index is -5.18. The van der Waals surface area contributed by atoms with Crippen molar-refractivity contribution < 1.29 is 51.9 Å². The number of aromatic nitrogens is 1. The largest absolute Gasteiger partial charge is 0.398 e. The fourth-order valence-electron chi connectivity index (χ4n) is 3.85. The van der Waals surface area contributed by atoms with Crippen LogP contribution in [0.15, 0.2) is 60.1 Å². The Kier molecular flexibility index (Phi) is 8.94. The molecular formula is C21H20N4O12S6. The summed E-state index contributed by atoms with van der Waals surface area (Å²) in [7, 11) is -19.4. The summed E-state index contributed by atoms with van der Waals surface area (Å²) >= 11 is 1.84. The molecule has 0 aliphatic heterocycles. The van der Waals surface area contributed by atoms with Crippen LogP contribution in [0.3, 0.4) is 0 Å². The van der Waals surface area contributed by atoms with Gasteiger partial charge in [-0.2, -0.15) is 33.7 Å². The molecule has 1 aromatic heterocycles. The molecule has 0 saturated heterocycles. The predicted octanol–water partition coefficient (Wildman–Crippen LogP) is 3.87. The first-order valence-electron chi connectivity index (χ1n) is 11.4. The van der Waals surface area contributed by atoms with Gasteiger partial charge >= 0.3 is 0 Å². The van der Waals surface area contributed by atoms with Crippen molar-refractivity contribution in [3.8, 4) is 0 Å². The number of thiazole rings is 1. The van der Waals surface area contributed by atoms with E-state index in [1.165, 1.54) is 11.8 Å². The molecule has 0 radical (unpaired) electrons. The molecule has 22 heteroatoms. The zero-order valence-corrected chi connectivity index (χ0v) is 26.3. The average molecular weight is 713 g/mol. The maximum Gasteiger partial charge on any atom is 0.296 e. The van der Waals surface area contributed by atoms with Crippen molar-refractivity contribution >= 4 is 101 Å². The molecule has 43 heavy (non-hydrogen) atoms. The molecule has 0 aliphatic rings. The van der Waals surface area contributed by atoms with Crippen LogP contribution < -0.4 is 5.73 Å². The number of aryl methyl sites for hydroxylation is 1. The van der Waals surface area contributed by atoms with Crippen LogP contribution in [0.25, 0.3) is 21.0 Å². The second-order valence-corrected chi connectivity index (χ2v) is 16.7. The van der Waals surface area contributed by atoms with Gasteiger partial charge in [-0.25, -0.2) is 4.98 Å². The van der Waals surface area contributed by atoms with Gasteiger partial charge in [-0.3, -0.25) is 18.2 Å². The average Bonchev–Trinajstić information content (AvgIpc) is 3.27. The first kappa shape index (κ1) is 33.1. The Bertz CT molecular complexity index is 2260. The van der Waals surface area contributed by atoms with E-state index >= 15 is 0 Å². The summed E-state index contributed by atoms with van der Waals surface area (Å²) in [6.07, 6.45) is 0.141. The number of fused-ring (bicyclic) bond motifs is 3. The molecule has 0 atom stereocenters. The number of nitrogens with two attached hydrogens (primary N) is 1. The van der Waals surface area contributed by atoms with Gasteiger partial charge in [0.2, 0.25) is 5.13 Å². The number of benzene rings is 3. The van der Waals surface area contributed by atoms with Crippen molar-refractivity contribution in [3.05, 3.63) is 35.9 Å². The molecule has 6 N–H and O–H groups in total. The lowest BCUT2D eigenvalue weighted by Gasteiger charge is -2.09. The normalized spacial score (nSPS) is 13.4. The second-order valence-electron chi connectivity index (χ2n) is 8.86. The van der Waals surface area contributed by atoms with Crippen LogP contribution in [0, 0.1) is 6.92 Å². The van der Waals surface area contributed by atoms with Gasteiger partial charge in [-0.1, -0.05) is 11.3 Å². The first-order valence-corrected chi connectivity index (χ1v) is 19.1. The Hall–Kier alpha value is -2.80. The van der Waals surface area contributed by atoms with Gasteiger partial charge in [-0.05, 0) is 55.0 Å². The first-order chi connectivity index (χ1) is 19.6. The van der Waals surface area contributed by atoms with Gasteiger partial charge in [0.1, 0.15) is 15.3 Å². The Morgan fingerprint density at radius 3 is 2.07 bits per heavy atom. The van der Waals surface area contributed by atoms with Gasteiger partial charge < -0.3 is 5.73 Å². The molecule has 0 bridgehead atoms. The Morgan fingerprint density at radius 1 is 0.837 bits per heavy atom. The number of nitrogens with zero attached hydrogens (tertiary/aromatic N) is 3. The van der Waals surface area contributed by atoms with Crippen molar-refractivity contribution in [2.24, 2.45) is 10.2 Å². The van der Waals surface area contributed by atoms with Crippen molar-refractivity contribution in [3.63, 3.8) is 0 Å². The molecule has 0 fully saturated rings. The van der Waals surface area contributed by atoms with Crippen LogP contribution in [0.1, 0.15) is 12.0 Å².